The molecule has 0 fully saturated rings. The number of amides is 1. The maximum absolute atomic E-state index is 12.4. The van der Waals surface area contributed by atoms with Crippen molar-refractivity contribution in [1.82, 2.24) is 15.0 Å². The molecule has 0 saturated carbocycles. The summed E-state index contributed by atoms with van der Waals surface area (Å²) in [5.41, 5.74) is 1.13. The molecule has 4 rings (SSSR count). The minimum absolute atomic E-state index is 0.0575. The topological polar surface area (TPSA) is 87.7 Å². The number of pyridine rings is 1. The summed E-state index contributed by atoms with van der Waals surface area (Å²) in [5, 5.41) is 3.50. The third-order valence-electron chi connectivity index (χ3n) is 4.03. The van der Waals surface area contributed by atoms with Gasteiger partial charge in [-0.25, -0.2) is 9.97 Å². The second-order valence-electron chi connectivity index (χ2n) is 5.81. The summed E-state index contributed by atoms with van der Waals surface area (Å²) in [6, 6.07) is 5.35. The molecule has 1 aliphatic rings. The summed E-state index contributed by atoms with van der Waals surface area (Å²) in [6.07, 6.45) is 4.78. The number of aromatic amines is 1. The fourth-order valence-electron chi connectivity index (χ4n) is 2.97. The lowest BCUT2D eigenvalue weighted by molar-refractivity contribution is -0.113. The second-order valence-corrected chi connectivity index (χ2v) is 7.88. The highest BCUT2D eigenvalue weighted by Crippen LogP contribution is 2.34. The number of H-pyrrole nitrogens is 1. The predicted molar refractivity (Wildman–Crippen MR) is 101 cm³/mol. The fourth-order valence-corrected chi connectivity index (χ4v) is 4.94. The summed E-state index contributed by atoms with van der Waals surface area (Å²) in [7, 11) is 0. The van der Waals surface area contributed by atoms with Crippen LogP contribution in [0.2, 0.25) is 0 Å². The van der Waals surface area contributed by atoms with Gasteiger partial charge in [0.1, 0.15) is 16.5 Å². The lowest BCUT2D eigenvalue weighted by atomic mass is 10.2. The fraction of sp³-hybridized carbons (Fsp3) is 0.294. The molecule has 3 aromatic heterocycles. The molecule has 128 valence electrons. The van der Waals surface area contributed by atoms with Gasteiger partial charge in [-0.15, -0.1) is 23.1 Å². The standard InChI is InChI=1S/C17H16N4O2S2/c22-14(19-12-6-1-2-7-18-12)9-24-8-13-20-16(23)15-10-4-3-5-11(10)25-17(15)21-13/h1-2,6-7H,3-5,8-9H2,(H,18,19,22)(H,20,21,23). The van der Waals surface area contributed by atoms with Gasteiger partial charge in [0.15, 0.2) is 0 Å². The molecule has 2 N–H and O–H groups in total. The molecule has 0 unspecified atom stereocenters. The van der Waals surface area contributed by atoms with Crippen LogP contribution in [0.3, 0.4) is 0 Å². The molecule has 25 heavy (non-hydrogen) atoms. The molecule has 0 bridgehead atoms. The third kappa shape index (κ3) is 3.45. The molecule has 0 spiro atoms. The average molecular weight is 372 g/mol. The van der Waals surface area contributed by atoms with Crippen LogP contribution in [0.25, 0.3) is 10.2 Å². The Hall–Kier alpha value is -2.19. The van der Waals surface area contributed by atoms with Crippen molar-refractivity contribution in [3.63, 3.8) is 0 Å². The lowest BCUT2D eigenvalue weighted by Gasteiger charge is -2.04. The van der Waals surface area contributed by atoms with Crippen molar-refractivity contribution >= 4 is 45.0 Å². The van der Waals surface area contributed by atoms with Gasteiger partial charge >= 0.3 is 0 Å². The zero-order valence-corrected chi connectivity index (χ0v) is 15.0. The Morgan fingerprint density at radius 2 is 2.28 bits per heavy atom. The zero-order chi connectivity index (χ0) is 17.2. The largest absolute Gasteiger partial charge is 0.310 e. The van der Waals surface area contributed by atoms with Gasteiger partial charge in [-0.05, 0) is 37.0 Å². The maximum atomic E-state index is 12.4. The van der Waals surface area contributed by atoms with E-state index < -0.39 is 0 Å². The number of nitrogens with one attached hydrogen (secondary N) is 2. The minimum atomic E-state index is -0.123. The van der Waals surface area contributed by atoms with Crippen LogP contribution in [-0.2, 0) is 23.4 Å². The molecular weight excluding hydrogens is 356 g/mol. The van der Waals surface area contributed by atoms with Gasteiger partial charge in [-0.2, -0.15) is 0 Å². The number of aryl methyl sites for hydroxylation is 2. The van der Waals surface area contributed by atoms with Gasteiger partial charge < -0.3 is 10.3 Å². The molecule has 6 nitrogen and oxygen atoms in total. The van der Waals surface area contributed by atoms with E-state index in [1.807, 2.05) is 6.07 Å². The molecule has 0 radical (unpaired) electrons. The molecular formula is C17H16N4O2S2. The highest BCUT2D eigenvalue weighted by atomic mass is 32.2. The summed E-state index contributed by atoms with van der Waals surface area (Å²) >= 11 is 3.04. The first-order valence-electron chi connectivity index (χ1n) is 8.03. The van der Waals surface area contributed by atoms with Crippen LogP contribution >= 0.6 is 23.1 Å². The summed E-state index contributed by atoms with van der Waals surface area (Å²) in [6.45, 7) is 0. The Balaban J connectivity index is 1.40. The van der Waals surface area contributed by atoms with Crippen molar-refractivity contribution in [3.05, 3.63) is 51.0 Å². The normalized spacial score (nSPS) is 13.1. The van der Waals surface area contributed by atoms with E-state index in [0.717, 1.165) is 29.5 Å². The predicted octanol–water partition coefficient (Wildman–Crippen LogP) is 2.74. The number of carbonyl (C=O) groups excluding carboxylic acids is 1. The van der Waals surface area contributed by atoms with E-state index in [2.05, 4.69) is 20.3 Å². The van der Waals surface area contributed by atoms with Gasteiger partial charge in [0.2, 0.25) is 5.91 Å². The number of anilines is 1. The van der Waals surface area contributed by atoms with E-state index in [0.29, 0.717) is 17.4 Å². The number of aromatic nitrogens is 3. The number of hydrogen-bond donors (Lipinski definition) is 2. The smallest absolute Gasteiger partial charge is 0.259 e. The molecule has 0 aliphatic heterocycles. The van der Waals surface area contributed by atoms with Crippen LogP contribution in [0.4, 0.5) is 5.82 Å². The Kier molecular flexibility index (Phi) is 4.54. The average Bonchev–Trinajstić information content (AvgIpc) is 3.16. The SMILES string of the molecule is O=C(CSCc1nc2sc3c(c2c(=O)[nH]1)CCC3)Nc1ccccn1. The van der Waals surface area contributed by atoms with Gasteiger partial charge in [0.25, 0.3) is 5.56 Å². The summed E-state index contributed by atoms with van der Waals surface area (Å²) in [4.78, 5) is 37.9. The first-order chi connectivity index (χ1) is 12.2. The third-order valence-corrected chi connectivity index (χ3v) is 6.16. The Labute approximate surface area is 152 Å². The molecule has 8 heteroatoms. The summed E-state index contributed by atoms with van der Waals surface area (Å²) < 4.78 is 0. The van der Waals surface area contributed by atoms with E-state index >= 15 is 0 Å². The van der Waals surface area contributed by atoms with E-state index in [9.17, 15) is 9.59 Å². The lowest BCUT2D eigenvalue weighted by Crippen LogP contribution is -2.16. The van der Waals surface area contributed by atoms with Crippen LogP contribution in [0.15, 0.2) is 29.2 Å². The number of thioether (sulfide) groups is 1. The molecule has 1 aliphatic carbocycles. The number of thiophene rings is 1. The van der Waals surface area contributed by atoms with Crippen LogP contribution in [0, 0.1) is 0 Å². The molecule has 3 aromatic rings. The van der Waals surface area contributed by atoms with Crippen molar-refractivity contribution in [1.29, 1.82) is 0 Å². The highest BCUT2D eigenvalue weighted by Gasteiger charge is 2.21. The van der Waals surface area contributed by atoms with Gasteiger partial charge in [0.05, 0.1) is 16.9 Å². The van der Waals surface area contributed by atoms with Crippen LogP contribution < -0.4 is 10.9 Å². The van der Waals surface area contributed by atoms with Crippen molar-refractivity contribution in [3.8, 4) is 0 Å². The van der Waals surface area contributed by atoms with Gasteiger partial charge in [-0.1, -0.05) is 6.07 Å². The van der Waals surface area contributed by atoms with Crippen LogP contribution in [0.5, 0.6) is 0 Å². The Morgan fingerprint density at radius 1 is 1.36 bits per heavy atom. The quantitative estimate of drug-likeness (QED) is 0.719. The molecule has 0 atom stereocenters. The highest BCUT2D eigenvalue weighted by molar-refractivity contribution is 7.99. The van der Waals surface area contributed by atoms with Gasteiger partial charge in [0, 0.05) is 11.1 Å². The molecule has 3 heterocycles. The monoisotopic (exact) mass is 372 g/mol. The maximum Gasteiger partial charge on any atom is 0.259 e. The number of fused-ring (bicyclic) bond motifs is 3. The Morgan fingerprint density at radius 3 is 3.12 bits per heavy atom. The molecule has 0 saturated heterocycles. The molecule has 0 aromatic carbocycles. The number of carbonyl (C=O) groups is 1. The van der Waals surface area contributed by atoms with Crippen molar-refractivity contribution in [2.24, 2.45) is 0 Å². The van der Waals surface area contributed by atoms with Crippen molar-refractivity contribution in [2.45, 2.75) is 25.0 Å². The Bertz CT molecular complexity index is 981. The summed E-state index contributed by atoms with van der Waals surface area (Å²) in [5.74, 6) is 1.80. The van der Waals surface area contributed by atoms with Crippen LogP contribution in [-0.4, -0.2) is 26.6 Å². The van der Waals surface area contributed by atoms with Crippen molar-refractivity contribution in [2.75, 3.05) is 11.1 Å². The first kappa shape index (κ1) is 16.3. The van der Waals surface area contributed by atoms with E-state index in [1.165, 1.54) is 22.2 Å². The number of hydrogen-bond acceptors (Lipinski definition) is 6. The number of nitrogens with zero attached hydrogens (tertiary/aromatic N) is 2. The van der Waals surface area contributed by atoms with Crippen molar-refractivity contribution < 1.29 is 4.79 Å². The van der Waals surface area contributed by atoms with Crippen LogP contribution in [0.1, 0.15) is 22.7 Å². The van der Waals surface area contributed by atoms with E-state index in [4.69, 9.17) is 0 Å². The first-order valence-corrected chi connectivity index (χ1v) is 10.00. The van der Waals surface area contributed by atoms with E-state index in [-0.39, 0.29) is 17.2 Å². The minimum Gasteiger partial charge on any atom is -0.310 e. The molecule has 1 amide bonds. The number of rotatable bonds is 5. The zero-order valence-electron chi connectivity index (χ0n) is 13.4. The van der Waals surface area contributed by atoms with E-state index in [1.54, 1.807) is 29.7 Å². The van der Waals surface area contributed by atoms with Gasteiger partial charge in [-0.3, -0.25) is 9.59 Å². The second kappa shape index (κ2) is 6.97.